The maximum absolute atomic E-state index is 11.1. The van der Waals surface area contributed by atoms with E-state index in [2.05, 4.69) is 15.2 Å². The average Bonchev–Trinajstić information content (AvgIpc) is 2.93. The minimum atomic E-state index is -1.23. The number of carboxylic acids is 1. The second-order valence-electron chi connectivity index (χ2n) is 4.46. The van der Waals surface area contributed by atoms with E-state index in [4.69, 9.17) is 5.11 Å². The predicted octanol–water partition coefficient (Wildman–Crippen LogP) is 0.300. The van der Waals surface area contributed by atoms with E-state index in [1.807, 2.05) is 4.57 Å². The van der Waals surface area contributed by atoms with Crippen LogP contribution in [0.5, 0.6) is 0 Å². The van der Waals surface area contributed by atoms with Crippen LogP contribution in [-0.2, 0) is 13.1 Å². The van der Waals surface area contributed by atoms with Crippen LogP contribution in [-0.4, -0.2) is 42.3 Å². The molecule has 0 spiro atoms. The van der Waals surface area contributed by atoms with Crippen LogP contribution in [0.1, 0.15) is 16.3 Å². The normalized spacial score (nSPS) is 13.8. The average molecular weight is 290 g/mol. The number of anilines is 1. The summed E-state index contributed by atoms with van der Waals surface area (Å²) >= 11 is 0. The molecule has 3 rings (SSSR count). The van der Waals surface area contributed by atoms with Crippen molar-refractivity contribution in [3.8, 4) is 0 Å². The van der Waals surface area contributed by atoms with Crippen molar-refractivity contribution in [3.63, 3.8) is 0 Å². The first-order valence-electron chi connectivity index (χ1n) is 6.06. The second kappa shape index (κ2) is 4.81. The van der Waals surface area contributed by atoms with Crippen LogP contribution in [0.25, 0.3) is 0 Å². The van der Waals surface area contributed by atoms with Crippen molar-refractivity contribution in [2.45, 2.75) is 13.1 Å². The molecule has 21 heavy (non-hydrogen) atoms. The van der Waals surface area contributed by atoms with Gasteiger partial charge in [0.15, 0.2) is 11.5 Å². The van der Waals surface area contributed by atoms with E-state index >= 15 is 0 Å². The summed E-state index contributed by atoms with van der Waals surface area (Å²) in [5.41, 5.74) is -0.462. The highest BCUT2D eigenvalue weighted by Gasteiger charge is 2.27. The van der Waals surface area contributed by atoms with Gasteiger partial charge >= 0.3 is 11.7 Å². The second-order valence-corrected chi connectivity index (χ2v) is 4.46. The number of rotatable bonds is 3. The molecule has 2 aromatic rings. The first-order valence-corrected chi connectivity index (χ1v) is 6.06. The van der Waals surface area contributed by atoms with Crippen molar-refractivity contribution >= 4 is 17.5 Å². The molecule has 3 heterocycles. The van der Waals surface area contributed by atoms with Gasteiger partial charge in [-0.25, -0.2) is 9.78 Å². The summed E-state index contributed by atoms with van der Waals surface area (Å²) in [6.45, 7) is 1.30. The molecule has 0 amide bonds. The lowest BCUT2D eigenvalue weighted by Gasteiger charge is -2.27. The number of nitrogens with zero attached hydrogens (tertiary/aromatic N) is 6. The predicted molar refractivity (Wildman–Crippen MR) is 68.9 cm³/mol. The molecular weight excluding hydrogens is 280 g/mol. The van der Waals surface area contributed by atoms with Gasteiger partial charge in [-0.3, -0.25) is 10.1 Å². The maximum Gasteiger partial charge on any atom is 0.354 e. The van der Waals surface area contributed by atoms with Gasteiger partial charge in [0.05, 0.1) is 11.5 Å². The Labute approximate surface area is 117 Å². The molecule has 0 bridgehead atoms. The van der Waals surface area contributed by atoms with Crippen molar-refractivity contribution in [1.82, 2.24) is 19.7 Å². The first kappa shape index (κ1) is 13.0. The summed E-state index contributed by atoms with van der Waals surface area (Å²) in [6, 6.07) is 2.28. The van der Waals surface area contributed by atoms with E-state index in [0.717, 1.165) is 12.1 Å². The third-order valence-corrected chi connectivity index (χ3v) is 3.21. The Morgan fingerprint density at radius 1 is 1.38 bits per heavy atom. The van der Waals surface area contributed by atoms with Crippen molar-refractivity contribution < 1.29 is 14.8 Å². The standard InChI is InChI=1S/C11H10N6O4/c18-11(19)7-1-2-8(17(20)21)10(13-7)15-3-4-16-6-12-14-9(16)5-15/h1-2,6H,3-5H2,(H,18,19). The van der Waals surface area contributed by atoms with Gasteiger partial charge in [0.2, 0.25) is 5.82 Å². The van der Waals surface area contributed by atoms with Crippen molar-refractivity contribution in [1.29, 1.82) is 0 Å². The quantitative estimate of drug-likeness (QED) is 0.631. The number of aromatic carboxylic acids is 1. The van der Waals surface area contributed by atoms with Crippen LogP contribution < -0.4 is 4.90 Å². The first-order chi connectivity index (χ1) is 10.1. The molecule has 10 heteroatoms. The summed E-state index contributed by atoms with van der Waals surface area (Å²) in [5, 5.41) is 27.8. The molecule has 0 atom stereocenters. The van der Waals surface area contributed by atoms with E-state index in [9.17, 15) is 14.9 Å². The molecule has 2 aromatic heterocycles. The Balaban J connectivity index is 2.02. The fraction of sp³-hybridized carbons (Fsp3) is 0.273. The van der Waals surface area contributed by atoms with Crippen LogP contribution in [0.2, 0.25) is 0 Å². The summed E-state index contributed by atoms with van der Waals surface area (Å²) in [5.74, 6) is -0.543. The molecule has 1 N–H and O–H groups in total. The highest BCUT2D eigenvalue weighted by Crippen LogP contribution is 2.28. The molecule has 1 aliphatic rings. The lowest BCUT2D eigenvalue weighted by atomic mass is 10.2. The van der Waals surface area contributed by atoms with Crippen LogP contribution >= 0.6 is 0 Å². The molecule has 0 aliphatic carbocycles. The molecule has 108 valence electrons. The monoisotopic (exact) mass is 290 g/mol. The smallest absolute Gasteiger partial charge is 0.354 e. The third-order valence-electron chi connectivity index (χ3n) is 3.21. The number of carbonyl (C=O) groups is 1. The maximum atomic E-state index is 11.1. The molecule has 1 aliphatic heterocycles. The van der Waals surface area contributed by atoms with Crippen LogP contribution in [0.15, 0.2) is 18.5 Å². The van der Waals surface area contributed by atoms with Gasteiger partial charge in [-0.15, -0.1) is 10.2 Å². The topological polar surface area (TPSA) is 127 Å². The SMILES string of the molecule is O=C(O)c1ccc([N+](=O)[O-])c(N2CCn3cnnc3C2)n1. The van der Waals surface area contributed by atoms with E-state index < -0.39 is 10.9 Å². The number of nitro groups is 1. The van der Waals surface area contributed by atoms with Gasteiger partial charge < -0.3 is 14.6 Å². The fourth-order valence-corrected chi connectivity index (χ4v) is 2.18. The molecule has 0 saturated heterocycles. The number of fused-ring (bicyclic) bond motifs is 1. The van der Waals surface area contributed by atoms with Gasteiger partial charge in [-0.05, 0) is 6.07 Å². The molecule has 0 saturated carbocycles. The molecule has 0 fully saturated rings. The summed E-state index contributed by atoms with van der Waals surface area (Å²) in [4.78, 5) is 27.1. The van der Waals surface area contributed by atoms with E-state index in [1.54, 1.807) is 11.2 Å². The zero-order chi connectivity index (χ0) is 15.0. The third kappa shape index (κ3) is 2.26. The number of pyridine rings is 1. The lowest BCUT2D eigenvalue weighted by Crippen LogP contribution is -2.34. The van der Waals surface area contributed by atoms with E-state index in [1.165, 1.54) is 0 Å². The van der Waals surface area contributed by atoms with Crippen molar-refractivity contribution in [2.75, 3.05) is 11.4 Å². The summed E-state index contributed by atoms with van der Waals surface area (Å²) in [6.07, 6.45) is 1.59. The Kier molecular flexibility index (Phi) is 2.97. The number of hydrogen-bond acceptors (Lipinski definition) is 7. The van der Waals surface area contributed by atoms with Crippen LogP contribution in [0.4, 0.5) is 11.5 Å². The van der Waals surface area contributed by atoms with Crippen LogP contribution in [0, 0.1) is 10.1 Å². The highest BCUT2D eigenvalue weighted by atomic mass is 16.6. The van der Waals surface area contributed by atoms with Gasteiger partial charge in [-0.2, -0.15) is 0 Å². The Morgan fingerprint density at radius 3 is 2.90 bits per heavy atom. The summed E-state index contributed by atoms with van der Waals surface area (Å²) in [7, 11) is 0. The lowest BCUT2D eigenvalue weighted by molar-refractivity contribution is -0.384. The molecule has 0 aromatic carbocycles. The minimum Gasteiger partial charge on any atom is -0.477 e. The number of aromatic nitrogens is 4. The minimum absolute atomic E-state index is 0.0363. The Morgan fingerprint density at radius 2 is 2.19 bits per heavy atom. The van der Waals surface area contributed by atoms with Gasteiger partial charge in [0, 0.05) is 19.2 Å². The zero-order valence-electron chi connectivity index (χ0n) is 10.7. The molecule has 0 unspecified atom stereocenters. The van der Waals surface area contributed by atoms with E-state index in [0.29, 0.717) is 18.9 Å². The van der Waals surface area contributed by atoms with Gasteiger partial charge in [0.25, 0.3) is 0 Å². The van der Waals surface area contributed by atoms with Crippen molar-refractivity contribution in [3.05, 3.63) is 40.1 Å². The Bertz CT molecular complexity index is 727. The zero-order valence-corrected chi connectivity index (χ0v) is 10.7. The molecule has 0 radical (unpaired) electrons. The van der Waals surface area contributed by atoms with Crippen molar-refractivity contribution in [2.24, 2.45) is 0 Å². The number of hydrogen-bond donors (Lipinski definition) is 1. The largest absolute Gasteiger partial charge is 0.477 e. The Hall–Kier alpha value is -3.04. The fourth-order valence-electron chi connectivity index (χ4n) is 2.18. The van der Waals surface area contributed by atoms with Gasteiger partial charge in [-0.1, -0.05) is 0 Å². The van der Waals surface area contributed by atoms with E-state index in [-0.39, 0.29) is 23.7 Å². The summed E-state index contributed by atoms with van der Waals surface area (Å²) < 4.78 is 1.84. The molecule has 10 nitrogen and oxygen atoms in total. The highest BCUT2D eigenvalue weighted by molar-refractivity contribution is 5.86. The molecular formula is C11H10N6O4. The van der Waals surface area contributed by atoms with Gasteiger partial charge in [0.1, 0.15) is 6.33 Å². The number of carboxylic acid groups (broad SMARTS) is 1. The van der Waals surface area contributed by atoms with Crippen LogP contribution in [0.3, 0.4) is 0 Å².